The molecular formula is C63H110NO8P. The minimum atomic E-state index is -4.40. The molecule has 0 aliphatic rings. The van der Waals surface area contributed by atoms with E-state index in [1.165, 1.54) is 148 Å². The Hall–Kier alpha value is -3.07. The number of phosphoric ester groups is 1. The van der Waals surface area contributed by atoms with Gasteiger partial charge in [0.25, 0.3) is 0 Å². The lowest BCUT2D eigenvalue weighted by Gasteiger charge is -2.19. The summed E-state index contributed by atoms with van der Waals surface area (Å²) in [6.07, 6.45) is 78.1. The fourth-order valence-corrected chi connectivity index (χ4v) is 8.94. The molecule has 0 aromatic rings. The van der Waals surface area contributed by atoms with Gasteiger partial charge in [0.1, 0.15) is 6.61 Å². The molecule has 0 radical (unpaired) electrons. The van der Waals surface area contributed by atoms with Crippen LogP contribution in [0.1, 0.15) is 258 Å². The van der Waals surface area contributed by atoms with Crippen LogP contribution in [0.15, 0.2) is 97.2 Å². The predicted octanol–water partition coefficient (Wildman–Crippen LogP) is 18.8. The molecule has 9 nitrogen and oxygen atoms in total. The van der Waals surface area contributed by atoms with Crippen LogP contribution in [-0.2, 0) is 32.7 Å². The maximum absolute atomic E-state index is 12.7. The van der Waals surface area contributed by atoms with Crippen LogP contribution in [0.4, 0.5) is 0 Å². The van der Waals surface area contributed by atoms with E-state index in [9.17, 15) is 19.0 Å². The Kier molecular flexibility index (Phi) is 55.7. The maximum Gasteiger partial charge on any atom is 0.472 e. The van der Waals surface area contributed by atoms with Gasteiger partial charge in [-0.25, -0.2) is 4.57 Å². The number of carbonyl (C=O) groups is 2. The summed E-state index contributed by atoms with van der Waals surface area (Å²) >= 11 is 0. The molecule has 0 fully saturated rings. The highest BCUT2D eigenvalue weighted by Crippen LogP contribution is 2.43. The largest absolute Gasteiger partial charge is 0.472 e. The van der Waals surface area contributed by atoms with Crippen molar-refractivity contribution >= 4 is 19.8 Å². The van der Waals surface area contributed by atoms with Crippen molar-refractivity contribution in [1.29, 1.82) is 0 Å². The summed E-state index contributed by atoms with van der Waals surface area (Å²) in [7, 11) is -4.40. The van der Waals surface area contributed by atoms with E-state index in [-0.39, 0.29) is 32.6 Å². The van der Waals surface area contributed by atoms with Crippen molar-refractivity contribution in [3.8, 4) is 0 Å². The first kappa shape index (κ1) is 69.9. The van der Waals surface area contributed by atoms with Crippen molar-refractivity contribution in [2.75, 3.05) is 26.4 Å². The second-order valence-electron chi connectivity index (χ2n) is 19.5. The molecule has 0 aromatic heterocycles. The normalized spacial score (nSPS) is 13.8. The number of unbranched alkanes of at least 4 members (excludes halogenated alkanes) is 26. The zero-order valence-electron chi connectivity index (χ0n) is 46.8. The SMILES string of the molecule is CC/C=C\C/C=C\C/C=C\C/C=C\CCCCCCCCCCCCCCCCCCCCCCCCCCCCC(=O)OC(COC(=O)CC/C=C\C/C=C\C/C=C\C/C=C\CC)COP(=O)(O)OCCN. The van der Waals surface area contributed by atoms with Crippen LogP contribution in [0, 0.1) is 0 Å². The van der Waals surface area contributed by atoms with Crippen LogP contribution in [0.3, 0.4) is 0 Å². The van der Waals surface area contributed by atoms with Crippen LogP contribution in [0.2, 0.25) is 0 Å². The Bertz CT molecular complexity index is 1510. The lowest BCUT2D eigenvalue weighted by atomic mass is 10.0. The van der Waals surface area contributed by atoms with Gasteiger partial charge in [-0.1, -0.05) is 265 Å². The predicted molar refractivity (Wildman–Crippen MR) is 312 cm³/mol. The number of nitrogens with two attached hydrogens (primary N) is 1. The van der Waals surface area contributed by atoms with Gasteiger partial charge in [-0.3, -0.25) is 18.6 Å². The Morgan fingerprint density at radius 2 is 0.740 bits per heavy atom. The number of hydrogen-bond acceptors (Lipinski definition) is 8. The van der Waals surface area contributed by atoms with Gasteiger partial charge < -0.3 is 20.1 Å². The molecule has 0 aromatic carbocycles. The van der Waals surface area contributed by atoms with E-state index in [4.69, 9.17) is 24.3 Å². The Morgan fingerprint density at radius 1 is 0.411 bits per heavy atom. The standard InChI is InChI=1S/C63H110NO8P/c1-3-5-7-9-11-13-15-17-18-19-20-21-22-23-24-25-26-27-28-29-30-31-32-33-34-35-36-37-38-39-40-41-42-44-46-48-50-52-54-56-63(66)72-61(60-71-73(67,68)70-58-57-64)59-69-62(65)55-53-51-49-47-45-43-16-14-12-10-8-6-4-2/h5-8,11-14,17-18,20-21,43,45,49,51,61H,3-4,9-10,15-16,19,22-42,44,46-48,50,52-60,64H2,1-2H3,(H,67,68)/b7-5-,8-6-,13-11-,14-12-,18-17-,21-20-,45-43-,51-49-. The molecule has 3 N–H and O–H groups in total. The molecule has 10 heteroatoms. The van der Waals surface area contributed by atoms with Crippen LogP contribution >= 0.6 is 7.82 Å². The molecule has 0 rings (SSSR count). The number of carbonyl (C=O) groups excluding carboxylic acids is 2. The third kappa shape index (κ3) is 58.1. The molecular weight excluding hydrogens is 930 g/mol. The molecule has 2 unspecified atom stereocenters. The van der Waals surface area contributed by atoms with Crippen LogP contribution in [0.25, 0.3) is 0 Å². The van der Waals surface area contributed by atoms with Gasteiger partial charge in [0.2, 0.25) is 0 Å². The molecule has 0 bridgehead atoms. The van der Waals surface area contributed by atoms with E-state index in [0.29, 0.717) is 12.8 Å². The van der Waals surface area contributed by atoms with Gasteiger partial charge in [-0.05, 0) is 77.0 Å². The second-order valence-corrected chi connectivity index (χ2v) is 20.9. The number of esters is 2. The molecule has 0 aliphatic heterocycles. The first-order chi connectivity index (χ1) is 35.8. The smallest absolute Gasteiger partial charge is 0.462 e. The highest BCUT2D eigenvalue weighted by Gasteiger charge is 2.26. The Labute approximate surface area is 448 Å². The quantitative estimate of drug-likeness (QED) is 0.0264. The summed E-state index contributed by atoms with van der Waals surface area (Å²) in [5.41, 5.74) is 5.37. The van der Waals surface area contributed by atoms with E-state index in [0.717, 1.165) is 70.6 Å². The van der Waals surface area contributed by atoms with Crippen molar-refractivity contribution in [2.45, 2.75) is 264 Å². The summed E-state index contributed by atoms with van der Waals surface area (Å²) in [5, 5.41) is 0. The van der Waals surface area contributed by atoms with Gasteiger partial charge in [-0.15, -0.1) is 0 Å². The maximum atomic E-state index is 12.7. The highest BCUT2D eigenvalue weighted by molar-refractivity contribution is 7.47. The van der Waals surface area contributed by atoms with E-state index in [1.54, 1.807) is 0 Å². The average molecular weight is 1040 g/mol. The van der Waals surface area contributed by atoms with E-state index < -0.39 is 32.5 Å². The third-order valence-corrected chi connectivity index (χ3v) is 13.5. The lowest BCUT2D eigenvalue weighted by Crippen LogP contribution is -2.29. The van der Waals surface area contributed by atoms with Crippen molar-refractivity contribution in [3.63, 3.8) is 0 Å². The van der Waals surface area contributed by atoms with Crippen LogP contribution in [0.5, 0.6) is 0 Å². The van der Waals surface area contributed by atoms with E-state index in [1.807, 2.05) is 12.2 Å². The lowest BCUT2D eigenvalue weighted by molar-refractivity contribution is -0.161. The summed E-state index contributed by atoms with van der Waals surface area (Å²) < 4.78 is 32.8. The summed E-state index contributed by atoms with van der Waals surface area (Å²) in [4.78, 5) is 35.0. The molecule has 420 valence electrons. The minimum absolute atomic E-state index is 0.0425. The Morgan fingerprint density at radius 3 is 1.11 bits per heavy atom. The fraction of sp³-hybridized carbons (Fsp3) is 0.714. The first-order valence-corrected chi connectivity index (χ1v) is 31.2. The zero-order chi connectivity index (χ0) is 53.1. The van der Waals surface area contributed by atoms with Gasteiger partial charge in [-0.2, -0.15) is 0 Å². The molecule has 0 heterocycles. The van der Waals surface area contributed by atoms with E-state index >= 15 is 0 Å². The second kappa shape index (κ2) is 58.2. The van der Waals surface area contributed by atoms with Gasteiger partial charge in [0.05, 0.1) is 13.2 Å². The van der Waals surface area contributed by atoms with Gasteiger partial charge >= 0.3 is 19.8 Å². The number of allylic oxidation sites excluding steroid dienone is 16. The third-order valence-electron chi connectivity index (χ3n) is 12.5. The average Bonchev–Trinajstić information content (AvgIpc) is 3.38. The molecule has 2 atom stereocenters. The molecule has 73 heavy (non-hydrogen) atoms. The summed E-state index contributed by atoms with van der Waals surface area (Å²) in [6.45, 7) is 3.44. The van der Waals surface area contributed by atoms with Gasteiger partial charge in [0, 0.05) is 19.4 Å². The number of phosphoric acid groups is 1. The molecule has 0 saturated carbocycles. The first-order valence-electron chi connectivity index (χ1n) is 29.7. The summed E-state index contributed by atoms with van der Waals surface area (Å²) in [6, 6.07) is 0. The van der Waals surface area contributed by atoms with Gasteiger partial charge in [0.15, 0.2) is 6.10 Å². The van der Waals surface area contributed by atoms with Crippen molar-refractivity contribution in [2.24, 2.45) is 5.73 Å². The molecule has 0 aliphatic carbocycles. The highest BCUT2D eigenvalue weighted by atomic mass is 31.2. The number of ether oxygens (including phenoxy) is 2. The summed E-state index contributed by atoms with van der Waals surface area (Å²) in [5.74, 6) is -0.919. The van der Waals surface area contributed by atoms with Crippen molar-refractivity contribution < 1.29 is 37.6 Å². The number of hydrogen-bond donors (Lipinski definition) is 2. The molecule has 0 amide bonds. The molecule has 0 spiro atoms. The van der Waals surface area contributed by atoms with Crippen molar-refractivity contribution in [1.82, 2.24) is 0 Å². The topological polar surface area (TPSA) is 134 Å². The molecule has 0 saturated heterocycles. The van der Waals surface area contributed by atoms with Crippen LogP contribution < -0.4 is 5.73 Å². The van der Waals surface area contributed by atoms with E-state index in [2.05, 4.69) is 98.9 Å². The Balaban J connectivity index is 3.79. The van der Waals surface area contributed by atoms with Crippen molar-refractivity contribution in [3.05, 3.63) is 97.2 Å². The van der Waals surface area contributed by atoms with Crippen LogP contribution in [-0.4, -0.2) is 49.3 Å². The zero-order valence-corrected chi connectivity index (χ0v) is 47.7. The monoisotopic (exact) mass is 1040 g/mol. The number of rotatable bonds is 55. The fourth-order valence-electron chi connectivity index (χ4n) is 8.17. The minimum Gasteiger partial charge on any atom is -0.462 e.